The van der Waals surface area contributed by atoms with Crippen LogP contribution in [0.4, 0.5) is 0 Å². The number of aliphatic hydroxyl groups excluding tert-OH is 1. The van der Waals surface area contributed by atoms with Crippen LogP contribution in [0.5, 0.6) is 0 Å². The van der Waals surface area contributed by atoms with Crippen LogP contribution in [-0.2, 0) is 6.42 Å². The van der Waals surface area contributed by atoms with E-state index < -0.39 is 0 Å². The molecule has 0 unspecified atom stereocenters. The first kappa shape index (κ1) is 10.2. The van der Waals surface area contributed by atoms with Gasteiger partial charge in [-0.05, 0) is 42.4 Å². The molecule has 1 aromatic carbocycles. The molecule has 1 saturated carbocycles. The summed E-state index contributed by atoms with van der Waals surface area (Å²) in [5, 5.41) is 9.34. The van der Waals surface area contributed by atoms with E-state index in [1.807, 2.05) is 0 Å². The summed E-state index contributed by atoms with van der Waals surface area (Å²) in [6.07, 6.45) is 4.66. The van der Waals surface area contributed by atoms with Gasteiger partial charge in [0.1, 0.15) is 0 Å². The highest BCUT2D eigenvalue weighted by molar-refractivity contribution is 9.10. The third kappa shape index (κ3) is 2.01. The zero-order valence-electron chi connectivity index (χ0n) is 8.17. The van der Waals surface area contributed by atoms with E-state index in [1.54, 1.807) is 0 Å². The van der Waals surface area contributed by atoms with Crippen LogP contribution >= 0.6 is 15.9 Å². The number of hydrogen-bond donors (Lipinski definition) is 1. The summed E-state index contributed by atoms with van der Waals surface area (Å²) < 4.78 is 1.12. The highest BCUT2D eigenvalue weighted by Gasteiger charge is 2.36. The molecule has 1 aromatic rings. The van der Waals surface area contributed by atoms with Gasteiger partial charge >= 0.3 is 0 Å². The van der Waals surface area contributed by atoms with Crippen LogP contribution in [0.1, 0.15) is 24.8 Å². The Bertz CT molecular complexity index is 295. The van der Waals surface area contributed by atoms with Crippen LogP contribution in [0.15, 0.2) is 28.7 Å². The molecule has 2 rings (SSSR count). The normalized spacial score (nSPS) is 19.0. The van der Waals surface area contributed by atoms with Crippen molar-refractivity contribution in [1.29, 1.82) is 0 Å². The van der Waals surface area contributed by atoms with Crippen molar-refractivity contribution in [3.63, 3.8) is 0 Å². The smallest absolute Gasteiger partial charge is 0.0490 e. The van der Waals surface area contributed by atoms with Crippen molar-refractivity contribution >= 4 is 15.9 Å². The zero-order valence-corrected chi connectivity index (χ0v) is 9.76. The summed E-state index contributed by atoms with van der Waals surface area (Å²) in [4.78, 5) is 0. The Labute approximate surface area is 93.3 Å². The molecule has 2 heteroatoms. The van der Waals surface area contributed by atoms with Gasteiger partial charge in [-0.3, -0.25) is 0 Å². The van der Waals surface area contributed by atoms with Gasteiger partial charge in [-0.15, -0.1) is 0 Å². The lowest BCUT2D eigenvalue weighted by Crippen LogP contribution is -2.35. The quantitative estimate of drug-likeness (QED) is 0.879. The molecule has 0 aliphatic heterocycles. The van der Waals surface area contributed by atoms with Gasteiger partial charge in [0, 0.05) is 11.1 Å². The van der Waals surface area contributed by atoms with Crippen molar-refractivity contribution in [2.24, 2.45) is 5.41 Å². The molecule has 0 saturated heterocycles. The fourth-order valence-corrected chi connectivity index (χ4v) is 2.37. The molecule has 0 bridgehead atoms. The first-order valence-electron chi connectivity index (χ1n) is 5.09. The molecule has 0 heterocycles. The number of hydrogen-bond acceptors (Lipinski definition) is 1. The molecule has 0 atom stereocenters. The predicted octanol–water partition coefficient (Wildman–Crippen LogP) is 3.15. The molecular formula is C12H15BrO. The maximum Gasteiger partial charge on any atom is 0.0490 e. The Morgan fingerprint density at radius 2 is 1.86 bits per heavy atom. The van der Waals surface area contributed by atoms with Gasteiger partial charge in [-0.2, -0.15) is 0 Å². The van der Waals surface area contributed by atoms with Crippen molar-refractivity contribution in [2.45, 2.75) is 25.7 Å². The summed E-state index contributed by atoms with van der Waals surface area (Å²) >= 11 is 3.42. The van der Waals surface area contributed by atoms with Crippen molar-refractivity contribution in [3.8, 4) is 0 Å². The van der Waals surface area contributed by atoms with Gasteiger partial charge in [0.25, 0.3) is 0 Å². The number of benzene rings is 1. The molecule has 0 radical (unpaired) electrons. The average Bonchev–Trinajstić information content (AvgIpc) is 2.15. The monoisotopic (exact) mass is 254 g/mol. The van der Waals surface area contributed by atoms with E-state index in [-0.39, 0.29) is 5.41 Å². The summed E-state index contributed by atoms with van der Waals surface area (Å²) in [6.45, 7) is 0.336. The average molecular weight is 255 g/mol. The van der Waals surface area contributed by atoms with E-state index in [2.05, 4.69) is 40.2 Å². The van der Waals surface area contributed by atoms with E-state index in [0.717, 1.165) is 10.9 Å². The van der Waals surface area contributed by atoms with E-state index in [4.69, 9.17) is 0 Å². The molecule has 0 spiro atoms. The van der Waals surface area contributed by atoms with E-state index in [9.17, 15) is 5.11 Å². The minimum atomic E-state index is 0.202. The van der Waals surface area contributed by atoms with E-state index >= 15 is 0 Å². The minimum absolute atomic E-state index is 0.202. The molecule has 1 fully saturated rings. The molecular weight excluding hydrogens is 240 g/mol. The lowest BCUT2D eigenvalue weighted by Gasteiger charge is -2.40. The second-order valence-corrected chi connectivity index (χ2v) is 5.23. The van der Waals surface area contributed by atoms with Gasteiger partial charge in [-0.25, -0.2) is 0 Å². The lowest BCUT2D eigenvalue weighted by atomic mass is 9.66. The Kier molecular flexibility index (Phi) is 2.93. The Morgan fingerprint density at radius 3 is 2.29 bits per heavy atom. The standard InChI is InChI=1S/C12H15BrO/c13-11-4-2-10(3-5-11)8-12(9-14)6-1-7-12/h2-5,14H,1,6-9H2. The number of halogens is 1. The van der Waals surface area contributed by atoms with E-state index in [1.165, 1.54) is 24.8 Å². The summed E-state index contributed by atoms with van der Waals surface area (Å²) in [5.41, 5.74) is 1.54. The largest absolute Gasteiger partial charge is 0.396 e. The highest BCUT2D eigenvalue weighted by Crippen LogP contribution is 2.43. The first-order chi connectivity index (χ1) is 6.74. The summed E-state index contributed by atoms with van der Waals surface area (Å²) in [5.74, 6) is 0. The third-order valence-electron chi connectivity index (χ3n) is 3.24. The maximum atomic E-state index is 9.34. The van der Waals surface area contributed by atoms with E-state index in [0.29, 0.717) is 6.61 Å². The van der Waals surface area contributed by atoms with Crippen LogP contribution in [0, 0.1) is 5.41 Å². The highest BCUT2D eigenvalue weighted by atomic mass is 79.9. The second-order valence-electron chi connectivity index (χ2n) is 4.31. The minimum Gasteiger partial charge on any atom is -0.396 e. The van der Waals surface area contributed by atoms with Crippen LogP contribution in [-0.4, -0.2) is 11.7 Å². The van der Waals surface area contributed by atoms with Crippen LogP contribution in [0.3, 0.4) is 0 Å². The number of rotatable bonds is 3. The Hall–Kier alpha value is -0.340. The molecule has 0 aromatic heterocycles. The molecule has 1 aliphatic rings. The van der Waals surface area contributed by atoms with Crippen molar-refractivity contribution in [3.05, 3.63) is 34.3 Å². The van der Waals surface area contributed by atoms with Crippen LogP contribution in [0.25, 0.3) is 0 Å². The third-order valence-corrected chi connectivity index (χ3v) is 3.77. The zero-order chi connectivity index (χ0) is 10.0. The molecule has 1 N–H and O–H groups in total. The molecule has 0 amide bonds. The molecule has 14 heavy (non-hydrogen) atoms. The molecule has 1 aliphatic carbocycles. The summed E-state index contributed by atoms with van der Waals surface area (Å²) in [6, 6.07) is 8.41. The van der Waals surface area contributed by atoms with Gasteiger partial charge in [0.2, 0.25) is 0 Å². The fraction of sp³-hybridized carbons (Fsp3) is 0.500. The first-order valence-corrected chi connectivity index (χ1v) is 5.89. The van der Waals surface area contributed by atoms with Gasteiger partial charge in [0.15, 0.2) is 0 Å². The lowest BCUT2D eigenvalue weighted by molar-refractivity contribution is 0.0450. The van der Waals surface area contributed by atoms with Crippen LogP contribution in [0.2, 0.25) is 0 Å². The maximum absolute atomic E-state index is 9.34. The Balaban J connectivity index is 2.06. The van der Waals surface area contributed by atoms with Gasteiger partial charge in [0.05, 0.1) is 0 Å². The Morgan fingerprint density at radius 1 is 1.21 bits per heavy atom. The van der Waals surface area contributed by atoms with Crippen molar-refractivity contribution in [2.75, 3.05) is 6.61 Å². The topological polar surface area (TPSA) is 20.2 Å². The van der Waals surface area contributed by atoms with Gasteiger partial charge in [-0.1, -0.05) is 34.5 Å². The predicted molar refractivity (Wildman–Crippen MR) is 61.2 cm³/mol. The number of aliphatic hydroxyl groups is 1. The fourth-order valence-electron chi connectivity index (χ4n) is 2.10. The van der Waals surface area contributed by atoms with Crippen molar-refractivity contribution < 1.29 is 5.11 Å². The van der Waals surface area contributed by atoms with Crippen molar-refractivity contribution in [1.82, 2.24) is 0 Å². The SMILES string of the molecule is OCC1(Cc2ccc(Br)cc2)CCC1. The molecule has 1 nitrogen and oxygen atoms in total. The second kappa shape index (κ2) is 4.03. The molecule has 76 valence electrons. The van der Waals surface area contributed by atoms with Crippen LogP contribution < -0.4 is 0 Å². The summed E-state index contributed by atoms with van der Waals surface area (Å²) in [7, 11) is 0. The van der Waals surface area contributed by atoms with Gasteiger partial charge < -0.3 is 5.11 Å².